The minimum Gasteiger partial charge on any atom is -0.356 e. The van der Waals surface area contributed by atoms with Gasteiger partial charge in [0.05, 0.1) is 6.61 Å². The summed E-state index contributed by atoms with van der Waals surface area (Å²) in [5, 5.41) is 0. The highest BCUT2D eigenvalue weighted by Crippen LogP contribution is 2.05. The third-order valence-electron chi connectivity index (χ3n) is 1.34. The van der Waals surface area contributed by atoms with Crippen molar-refractivity contribution in [2.75, 3.05) is 7.11 Å². The second kappa shape index (κ2) is 7.03. The predicted octanol–water partition coefficient (Wildman–Crippen LogP) is 2.35. The highest BCUT2D eigenvalue weighted by Gasteiger charge is 2.03. The lowest BCUT2D eigenvalue weighted by Crippen LogP contribution is -2.12. The van der Waals surface area contributed by atoms with Crippen molar-refractivity contribution in [2.45, 2.75) is 39.4 Å². The van der Waals surface area contributed by atoms with Crippen molar-refractivity contribution in [3.05, 3.63) is 6.61 Å². The molecule has 1 atom stereocenters. The Balaban J connectivity index is 3.21. The molecule has 0 saturated heterocycles. The standard InChI is InChI=1S/C8H17O2/c1-4-6-7-8(9-3)10-5-2/h5,8H,4,6-7H2,1-3H3. The molecule has 10 heavy (non-hydrogen) atoms. The predicted molar refractivity (Wildman–Crippen MR) is 41.4 cm³/mol. The van der Waals surface area contributed by atoms with E-state index < -0.39 is 0 Å². The van der Waals surface area contributed by atoms with Gasteiger partial charge >= 0.3 is 0 Å². The van der Waals surface area contributed by atoms with Gasteiger partial charge in [-0.2, -0.15) is 0 Å². The van der Waals surface area contributed by atoms with Crippen LogP contribution in [-0.2, 0) is 9.47 Å². The largest absolute Gasteiger partial charge is 0.356 e. The van der Waals surface area contributed by atoms with Crippen LogP contribution in [0.4, 0.5) is 0 Å². The van der Waals surface area contributed by atoms with Crippen LogP contribution in [0.2, 0.25) is 0 Å². The monoisotopic (exact) mass is 145 g/mol. The van der Waals surface area contributed by atoms with Crippen LogP contribution in [0.25, 0.3) is 0 Å². The highest BCUT2D eigenvalue weighted by molar-refractivity contribution is 4.46. The van der Waals surface area contributed by atoms with Gasteiger partial charge < -0.3 is 9.47 Å². The van der Waals surface area contributed by atoms with Crippen LogP contribution in [0.1, 0.15) is 33.1 Å². The first-order chi connectivity index (χ1) is 4.85. The summed E-state index contributed by atoms with van der Waals surface area (Å²) in [7, 11) is 1.67. The Labute approximate surface area is 63.5 Å². The van der Waals surface area contributed by atoms with Gasteiger partial charge in [0.2, 0.25) is 0 Å². The highest BCUT2D eigenvalue weighted by atomic mass is 16.7. The third kappa shape index (κ3) is 4.77. The van der Waals surface area contributed by atoms with E-state index in [4.69, 9.17) is 9.47 Å². The van der Waals surface area contributed by atoms with E-state index in [-0.39, 0.29) is 6.29 Å². The Morgan fingerprint density at radius 1 is 1.50 bits per heavy atom. The summed E-state index contributed by atoms with van der Waals surface area (Å²) in [5.74, 6) is 0. The van der Waals surface area contributed by atoms with E-state index in [1.807, 2.05) is 6.92 Å². The van der Waals surface area contributed by atoms with Crippen molar-refractivity contribution in [1.82, 2.24) is 0 Å². The summed E-state index contributed by atoms with van der Waals surface area (Å²) in [6.07, 6.45) is 3.29. The molecule has 0 rings (SSSR count). The molecule has 0 aliphatic heterocycles. The fourth-order valence-corrected chi connectivity index (χ4v) is 0.764. The molecule has 0 heterocycles. The molecule has 0 aromatic carbocycles. The van der Waals surface area contributed by atoms with E-state index in [2.05, 4.69) is 6.92 Å². The molecule has 0 aromatic heterocycles. The molecule has 1 radical (unpaired) electrons. The summed E-state index contributed by atoms with van der Waals surface area (Å²) >= 11 is 0. The van der Waals surface area contributed by atoms with E-state index in [0.717, 1.165) is 12.8 Å². The van der Waals surface area contributed by atoms with E-state index in [1.54, 1.807) is 13.7 Å². The summed E-state index contributed by atoms with van der Waals surface area (Å²) in [5.41, 5.74) is 0. The Kier molecular flexibility index (Phi) is 6.98. The summed E-state index contributed by atoms with van der Waals surface area (Å²) in [4.78, 5) is 0. The van der Waals surface area contributed by atoms with Crippen molar-refractivity contribution in [2.24, 2.45) is 0 Å². The number of ether oxygens (including phenoxy) is 2. The van der Waals surface area contributed by atoms with E-state index in [1.165, 1.54) is 6.42 Å². The van der Waals surface area contributed by atoms with Gasteiger partial charge in [-0.1, -0.05) is 13.3 Å². The molecule has 0 spiro atoms. The van der Waals surface area contributed by atoms with E-state index >= 15 is 0 Å². The van der Waals surface area contributed by atoms with E-state index in [9.17, 15) is 0 Å². The van der Waals surface area contributed by atoms with Gasteiger partial charge in [0, 0.05) is 7.11 Å². The molecule has 1 unspecified atom stereocenters. The summed E-state index contributed by atoms with van der Waals surface area (Å²) in [6.45, 7) is 5.68. The van der Waals surface area contributed by atoms with Crippen molar-refractivity contribution < 1.29 is 9.47 Å². The first kappa shape index (κ1) is 9.92. The molecule has 0 N–H and O–H groups in total. The molecule has 0 aliphatic rings. The second-order valence-electron chi connectivity index (χ2n) is 2.18. The smallest absolute Gasteiger partial charge is 0.157 e. The minimum atomic E-state index is -0.0371. The van der Waals surface area contributed by atoms with Gasteiger partial charge in [-0.05, 0) is 19.8 Å². The molecule has 0 fully saturated rings. The summed E-state index contributed by atoms with van der Waals surface area (Å²) < 4.78 is 10.2. The summed E-state index contributed by atoms with van der Waals surface area (Å²) in [6, 6.07) is 0. The van der Waals surface area contributed by atoms with Gasteiger partial charge in [0.1, 0.15) is 0 Å². The zero-order valence-corrected chi connectivity index (χ0v) is 7.09. The van der Waals surface area contributed by atoms with Crippen LogP contribution in [0.3, 0.4) is 0 Å². The first-order valence-corrected chi connectivity index (χ1v) is 3.81. The zero-order valence-electron chi connectivity index (χ0n) is 7.09. The molecular formula is C8H17O2. The third-order valence-corrected chi connectivity index (χ3v) is 1.34. The van der Waals surface area contributed by atoms with Crippen LogP contribution in [0.15, 0.2) is 0 Å². The normalized spacial score (nSPS) is 13.5. The van der Waals surface area contributed by atoms with Crippen LogP contribution in [0.5, 0.6) is 0 Å². The van der Waals surface area contributed by atoms with Gasteiger partial charge in [0.15, 0.2) is 6.29 Å². The minimum absolute atomic E-state index is 0.0371. The maximum absolute atomic E-state index is 5.15. The molecule has 2 nitrogen and oxygen atoms in total. The molecule has 0 saturated carbocycles. The van der Waals surface area contributed by atoms with Crippen LogP contribution in [0, 0.1) is 6.61 Å². The van der Waals surface area contributed by atoms with E-state index in [0.29, 0.717) is 0 Å². The number of hydrogen-bond acceptors (Lipinski definition) is 2. The fraction of sp³-hybridized carbons (Fsp3) is 0.875. The maximum Gasteiger partial charge on any atom is 0.157 e. The lowest BCUT2D eigenvalue weighted by atomic mass is 10.2. The average molecular weight is 145 g/mol. The van der Waals surface area contributed by atoms with Gasteiger partial charge in [-0.3, -0.25) is 0 Å². The zero-order chi connectivity index (χ0) is 7.82. The van der Waals surface area contributed by atoms with Crippen LogP contribution < -0.4 is 0 Å². The van der Waals surface area contributed by atoms with Crippen molar-refractivity contribution in [3.8, 4) is 0 Å². The number of unbranched alkanes of at least 4 members (excludes halogenated alkanes) is 1. The van der Waals surface area contributed by atoms with Crippen LogP contribution >= 0.6 is 0 Å². The molecule has 0 aliphatic carbocycles. The Morgan fingerprint density at radius 3 is 2.60 bits per heavy atom. The topological polar surface area (TPSA) is 18.5 Å². The number of rotatable bonds is 6. The van der Waals surface area contributed by atoms with Gasteiger partial charge in [0.25, 0.3) is 0 Å². The Morgan fingerprint density at radius 2 is 2.20 bits per heavy atom. The second-order valence-corrected chi connectivity index (χ2v) is 2.18. The Hall–Kier alpha value is -0.0800. The molecule has 0 aromatic rings. The number of hydrogen-bond donors (Lipinski definition) is 0. The van der Waals surface area contributed by atoms with Crippen molar-refractivity contribution in [3.63, 3.8) is 0 Å². The molecule has 0 amide bonds. The lowest BCUT2D eigenvalue weighted by Gasteiger charge is -2.13. The lowest BCUT2D eigenvalue weighted by molar-refractivity contribution is -0.102. The molecule has 61 valence electrons. The average Bonchev–Trinajstić information content (AvgIpc) is 1.98. The molecular weight excluding hydrogens is 128 g/mol. The van der Waals surface area contributed by atoms with Gasteiger partial charge in [-0.15, -0.1) is 0 Å². The Bertz CT molecular complexity index is 64.3. The SMILES string of the molecule is C[CH]OC(CCCC)OC. The molecule has 2 heteroatoms. The maximum atomic E-state index is 5.15. The van der Waals surface area contributed by atoms with Crippen LogP contribution in [-0.4, -0.2) is 13.4 Å². The molecule has 0 bridgehead atoms. The van der Waals surface area contributed by atoms with Crippen molar-refractivity contribution in [1.29, 1.82) is 0 Å². The number of methoxy groups -OCH3 is 1. The van der Waals surface area contributed by atoms with Gasteiger partial charge in [-0.25, -0.2) is 0 Å². The first-order valence-electron chi connectivity index (χ1n) is 3.81. The van der Waals surface area contributed by atoms with Crippen molar-refractivity contribution >= 4 is 0 Å². The quantitative estimate of drug-likeness (QED) is 0.534. The fourth-order valence-electron chi connectivity index (χ4n) is 0.764.